The number of phenolic OH excluding ortho intramolecular Hbond substituents is 1. The van der Waals surface area contributed by atoms with Gasteiger partial charge in [0.2, 0.25) is 10.0 Å². The van der Waals surface area contributed by atoms with Crippen LogP contribution in [0.5, 0.6) is 17.2 Å². The molecule has 9 heteroatoms. The fourth-order valence-electron chi connectivity index (χ4n) is 3.81. The van der Waals surface area contributed by atoms with E-state index in [4.69, 9.17) is 10.5 Å². The standard InChI is InChI=1S/C25H24N2O6S/c1-2-3-12-27-34(31,32)14-15-8-10-16(11-9-15)33-20-13-19(28)21-22(23(20)26)25(30)18-7-5-4-6-17(18)24(21)29/h4-11,13,27-28H,2-3,12,14,26H2,1H3. The molecule has 3 aromatic rings. The normalized spacial score (nSPS) is 12.9. The summed E-state index contributed by atoms with van der Waals surface area (Å²) >= 11 is 0. The monoisotopic (exact) mass is 480 g/mol. The van der Waals surface area contributed by atoms with Crippen LogP contribution in [0.4, 0.5) is 5.69 Å². The number of carbonyl (C=O) groups is 2. The number of anilines is 1. The number of unbranched alkanes of at least 4 members (excludes halogenated alkanes) is 1. The second-order valence-corrected chi connectivity index (χ2v) is 9.82. The van der Waals surface area contributed by atoms with Gasteiger partial charge in [-0.05, 0) is 24.1 Å². The number of nitrogens with two attached hydrogens (primary N) is 1. The number of nitrogens with one attached hydrogen (secondary N) is 1. The molecular weight excluding hydrogens is 456 g/mol. The topological polar surface area (TPSA) is 136 Å². The Labute approximate surface area is 197 Å². The van der Waals surface area contributed by atoms with Crippen LogP contribution in [0.1, 0.15) is 57.2 Å². The lowest BCUT2D eigenvalue weighted by Crippen LogP contribution is -2.26. The number of fused-ring (bicyclic) bond motifs is 2. The number of nitrogen functional groups attached to an aromatic ring is 1. The molecule has 1 aliphatic carbocycles. The van der Waals surface area contributed by atoms with Gasteiger partial charge >= 0.3 is 0 Å². The summed E-state index contributed by atoms with van der Waals surface area (Å²) in [5.41, 5.74) is 6.88. The molecule has 176 valence electrons. The number of hydrogen-bond acceptors (Lipinski definition) is 7. The molecule has 0 atom stereocenters. The minimum atomic E-state index is -3.45. The average Bonchev–Trinajstić information content (AvgIpc) is 2.80. The van der Waals surface area contributed by atoms with E-state index >= 15 is 0 Å². The fraction of sp³-hybridized carbons (Fsp3) is 0.200. The zero-order valence-corrected chi connectivity index (χ0v) is 19.3. The van der Waals surface area contributed by atoms with Crippen molar-refractivity contribution in [2.75, 3.05) is 12.3 Å². The van der Waals surface area contributed by atoms with Crippen molar-refractivity contribution in [3.05, 3.63) is 82.4 Å². The lowest BCUT2D eigenvalue weighted by molar-refractivity contribution is 0.0977. The predicted octanol–water partition coefficient (Wildman–Crippen LogP) is 3.76. The van der Waals surface area contributed by atoms with E-state index < -0.39 is 27.3 Å². The first-order valence-corrected chi connectivity index (χ1v) is 12.4. The first kappa shape index (κ1) is 23.5. The number of carbonyl (C=O) groups excluding carboxylic acids is 2. The second kappa shape index (κ2) is 9.28. The highest BCUT2D eigenvalue weighted by Crippen LogP contribution is 2.42. The van der Waals surface area contributed by atoms with Crippen molar-refractivity contribution in [2.45, 2.75) is 25.5 Å². The van der Waals surface area contributed by atoms with Crippen molar-refractivity contribution < 1.29 is 27.9 Å². The molecule has 0 heterocycles. The van der Waals surface area contributed by atoms with E-state index in [1.54, 1.807) is 36.4 Å². The number of phenols is 1. The number of benzene rings is 3. The van der Waals surface area contributed by atoms with Gasteiger partial charge in [-0.3, -0.25) is 9.59 Å². The van der Waals surface area contributed by atoms with Crippen molar-refractivity contribution in [2.24, 2.45) is 0 Å². The van der Waals surface area contributed by atoms with Crippen LogP contribution >= 0.6 is 0 Å². The molecule has 4 N–H and O–H groups in total. The molecule has 0 unspecified atom stereocenters. The summed E-state index contributed by atoms with van der Waals surface area (Å²) in [6.45, 7) is 2.38. The summed E-state index contributed by atoms with van der Waals surface area (Å²) in [6, 6.07) is 13.9. The van der Waals surface area contributed by atoms with Crippen molar-refractivity contribution >= 4 is 27.3 Å². The molecule has 4 rings (SSSR count). The third kappa shape index (κ3) is 4.52. The first-order valence-electron chi connectivity index (χ1n) is 10.8. The van der Waals surface area contributed by atoms with Gasteiger partial charge in [0, 0.05) is 23.7 Å². The van der Waals surface area contributed by atoms with Gasteiger partial charge in [0.15, 0.2) is 17.3 Å². The van der Waals surface area contributed by atoms with Crippen LogP contribution in [0.15, 0.2) is 54.6 Å². The number of ether oxygens (including phenoxy) is 1. The van der Waals surface area contributed by atoms with E-state index in [0.29, 0.717) is 17.9 Å². The highest BCUT2D eigenvalue weighted by molar-refractivity contribution is 7.88. The molecule has 0 spiro atoms. The maximum atomic E-state index is 13.0. The number of sulfonamides is 1. The number of aromatic hydroxyl groups is 1. The Kier molecular flexibility index (Phi) is 6.41. The maximum Gasteiger partial charge on any atom is 0.215 e. The van der Waals surface area contributed by atoms with Crippen LogP contribution in [-0.2, 0) is 15.8 Å². The van der Waals surface area contributed by atoms with E-state index in [1.165, 1.54) is 18.2 Å². The number of ketones is 2. The van der Waals surface area contributed by atoms with Crippen LogP contribution in [0.3, 0.4) is 0 Å². The molecule has 0 aromatic heterocycles. The van der Waals surface area contributed by atoms with Crippen molar-refractivity contribution in [3.8, 4) is 17.2 Å². The Morgan fingerprint density at radius 1 is 0.971 bits per heavy atom. The van der Waals surface area contributed by atoms with Crippen LogP contribution in [0.2, 0.25) is 0 Å². The van der Waals surface area contributed by atoms with Gasteiger partial charge < -0.3 is 15.6 Å². The Morgan fingerprint density at radius 3 is 2.21 bits per heavy atom. The molecule has 34 heavy (non-hydrogen) atoms. The Balaban J connectivity index is 1.58. The van der Waals surface area contributed by atoms with Gasteiger partial charge in [0.1, 0.15) is 11.5 Å². The molecule has 3 aromatic carbocycles. The summed E-state index contributed by atoms with van der Waals surface area (Å²) < 4.78 is 32.7. The molecule has 8 nitrogen and oxygen atoms in total. The lowest BCUT2D eigenvalue weighted by Gasteiger charge is -2.21. The van der Waals surface area contributed by atoms with Crippen molar-refractivity contribution in [3.63, 3.8) is 0 Å². The van der Waals surface area contributed by atoms with Crippen LogP contribution < -0.4 is 15.2 Å². The van der Waals surface area contributed by atoms with E-state index in [9.17, 15) is 23.1 Å². The SMILES string of the molecule is CCCCNS(=O)(=O)Cc1ccc(Oc2cc(O)c3c(c2N)C(=O)c2ccccc2C3=O)cc1. The number of hydrogen-bond donors (Lipinski definition) is 3. The molecule has 0 saturated heterocycles. The molecule has 0 amide bonds. The average molecular weight is 481 g/mol. The van der Waals surface area contributed by atoms with Crippen molar-refractivity contribution in [1.82, 2.24) is 4.72 Å². The van der Waals surface area contributed by atoms with Crippen molar-refractivity contribution in [1.29, 1.82) is 0 Å². The third-order valence-electron chi connectivity index (χ3n) is 5.54. The smallest absolute Gasteiger partial charge is 0.215 e. The van der Waals surface area contributed by atoms with Crippen LogP contribution in [-0.4, -0.2) is 31.6 Å². The second-order valence-electron chi connectivity index (χ2n) is 8.01. The van der Waals surface area contributed by atoms with Gasteiger partial charge in [-0.15, -0.1) is 0 Å². The van der Waals surface area contributed by atoms with Gasteiger partial charge in [0.25, 0.3) is 0 Å². The van der Waals surface area contributed by atoms with Gasteiger partial charge in [-0.25, -0.2) is 13.1 Å². The quantitative estimate of drug-likeness (QED) is 0.198. The molecule has 0 fully saturated rings. The van der Waals surface area contributed by atoms with E-state index in [0.717, 1.165) is 12.8 Å². The maximum absolute atomic E-state index is 13.0. The summed E-state index contributed by atoms with van der Waals surface area (Å²) in [4.78, 5) is 25.9. The van der Waals surface area contributed by atoms with Crippen LogP contribution in [0.25, 0.3) is 0 Å². The van der Waals surface area contributed by atoms with E-state index in [1.807, 2.05) is 6.92 Å². The molecule has 0 aliphatic heterocycles. The Hall–Kier alpha value is -3.69. The molecular formula is C25H24N2O6S. The number of rotatable bonds is 8. The molecule has 0 saturated carbocycles. The predicted molar refractivity (Wildman–Crippen MR) is 128 cm³/mol. The van der Waals surface area contributed by atoms with Crippen LogP contribution in [0, 0.1) is 0 Å². The Morgan fingerprint density at radius 2 is 1.59 bits per heavy atom. The summed E-state index contributed by atoms with van der Waals surface area (Å²) in [5.74, 6) is -1.21. The molecule has 0 bridgehead atoms. The largest absolute Gasteiger partial charge is 0.507 e. The highest BCUT2D eigenvalue weighted by Gasteiger charge is 2.35. The lowest BCUT2D eigenvalue weighted by atomic mass is 9.82. The zero-order chi connectivity index (χ0) is 24.5. The van der Waals surface area contributed by atoms with Gasteiger partial charge in [-0.2, -0.15) is 0 Å². The summed E-state index contributed by atoms with van der Waals surface area (Å²) in [5, 5.41) is 10.5. The van der Waals surface area contributed by atoms with Gasteiger partial charge in [0.05, 0.1) is 22.6 Å². The molecule has 0 radical (unpaired) electrons. The fourth-order valence-corrected chi connectivity index (χ4v) is 5.00. The summed E-state index contributed by atoms with van der Waals surface area (Å²) in [6.07, 6.45) is 1.66. The van der Waals surface area contributed by atoms with E-state index in [-0.39, 0.29) is 39.4 Å². The van der Waals surface area contributed by atoms with E-state index in [2.05, 4.69) is 4.72 Å². The minimum absolute atomic E-state index is 0.0124. The Bertz CT molecular complexity index is 1380. The summed E-state index contributed by atoms with van der Waals surface area (Å²) in [7, 11) is -3.45. The minimum Gasteiger partial charge on any atom is -0.507 e. The molecule has 1 aliphatic rings. The first-order chi connectivity index (χ1) is 16.2. The highest BCUT2D eigenvalue weighted by atomic mass is 32.2. The third-order valence-corrected chi connectivity index (χ3v) is 6.90. The zero-order valence-electron chi connectivity index (χ0n) is 18.5. The van der Waals surface area contributed by atoms with Gasteiger partial charge in [-0.1, -0.05) is 49.7 Å².